The molecule has 1 heterocycles. The summed E-state index contributed by atoms with van der Waals surface area (Å²) >= 11 is 0. The Labute approximate surface area is 109 Å². The van der Waals surface area contributed by atoms with E-state index < -0.39 is 0 Å². The molecule has 2 atom stereocenters. The Hall–Kier alpha value is -1.50. The summed E-state index contributed by atoms with van der Waals surface area (Å²) in [7, 11) is 0. The minimum Gasteiger partial charge on any atom is -0.338 e. The van der Waals surface area contributed by atoms with Crippen molar-refractivity contribution < 1.29 is 0 Å². The Morgan fingerprint density at radius 1 is 1.33 bits per heavy atom. The summed E-state index contributed by atoms with van der Waals surface area (Å²) in [6, 6.07) is 9.42. The maximum Gasteiger partial charge on any atom is 0.0490 e. The number of nitrogens with zero attached hydrogens (tertiary/aromatic N) is 1. The van der Waals surface area contributed by atoms with Gasteiger partial charge >= 0.3 is 0 Å². The third-order valence-corrected chi connectivity index (χ3v) is 4.28. The smallest absolute Gasteiger partial charge is 0.0490 e. The highest BCUT2D eigenvalue weighted by Crippen LogP contribution is 2.39. The molecule has 0 amide bonds. The molecule has 0 spiro atoms. The summed E-state index contributed by atoms with van der Waals surface area (Å²) in [6.07, 6.45) is 6.99. The van der Waals surface area contributed by atoms with Crippen LogP contribution in [0.25, 0.3) is 17.0 Å². The molecule has 18 heavy (non-hydrogen) atoms. The molecule has 1 nitrogen and oxygen atoms in total. The molecule has 0 N–H and O–H groups in total. The standard InChI is InChI=1S/C17H21N/c1-4-13(3)18-15-10-6-5-9-14(15)17-12(2)8-7-11-16(17)18/h5-7,9-13H,4,8H2,1-3H3. The van der Waals surface area contributed by atoms with Crippen molar-refractivity contribution >= 4 is 17.0 Å². The molecule has 2 aromatic rings. The normalized spacial score (nSPS) is 20.1. The van der Waals surface area contributed by atoms with Crippen LogP contribution < -0.4 is 0 Å². The van der Waals surface area contributed by atoms with Gasteiger partial charge in [0.25, 0.3) is 0 Å². The first-order valence-electron chi connectivity index (χ1n) is 7.03. The third kappa shape index (κ3) is 1.53. The quantitative estimate of drug-likeness (QED) is 0.684. The summed E-state index contributed by atoms with van der Waals surface area (Å²) in [5.74, 6) is 0.639. The van der Waals surface area contributed by atoms with Crippen LogP contribution in [0.1, 0.15) is 56.8 Å². The maximum absolute atomic E-state index is 2.52. The number of rotatable bonds is 2. The van der Waals surface area contributed by atoms with Crippen LogP contribution in [0.2, 0.25) is 0 Å². The topological polar surface area (TPSA) is 4.93 Å². The molecular weight excluding hydrogens is 218 g/mol. The molecule has 1 aliphatic rings. The van der Waals surface area contributed by atoms with Crippen molar-refractivity contribution in [2.45, 2.75) is 45.6 Å². The van der Waals surface area contributed by atoms with Gasteiger partial charge in [-0.15, -0.1) is 0 Å². The highest BCUT2D eigenvalue weighted by molar-refractivity contribution is 5.89. The van der Waals surface area contributed by atoms with Crippen LogP contribution in [-0.4, -0.2) is 4.57 Å². The second-order valence-corrected chi connectivity index (χ2v) is 5.48. The molecule has 1 aromatic heterocycles. The molecule has 0 saturated heterocycles. The number of para-hydroxylation sites is 1. The van der Waals surface area contributed by atoms with Crippen LogP contribution >= 0.6 is 0 Å². The van der Waals surface area contributed by atoms with Crippen LogP contribution in [0.15, 0.2) is 30.3 Å². The lowest BCUT2D eigenvalue weighted by Crippen LogP contribution is -2.08. The van der Waals surface area contributed by atoms with E-state index >= 15 is 0 Å². The molecule has 0 fully saturated rings. The number of hydrogen-bond acceptors (Lipinski definition) is 0. The summed E-state index contributed by atoms with van der Waals surface area (Å²) < 4.78 is 2.52. The number of allylic oxidation sites excluding steroid dienone is 1. The lowest BCUT2D eigenvalue weighted by atomic mass is 9.91. The van der Waals surface area contributed by atoms with Gasteiger partial charge in [-0.2, -0.15) is 0 Å². The van der Waals surface area contributed by atoms with E-state index in [1.54, 1.807) is 5.56 Å². The molecule has 94 valence electrons. The van der Waals surface area contributed by atoms with Crippen molar-refractivity contribution in [3.8, 4) is 0 Å². The van der Waals surface area contributed by atoms with Crippen molar-refractivity contribution in [3.05, 3.63) is 41.6 Å². The highest BCUT2D eigenvalue weighted by atomic mass is 15.0. The van der Waals surface area contributed by atoms with Gasteiger partial charge < -0.3 is 4.57 Å². The van der Waals surface area contributed by atoms with E-state index in [9.17, 15) is 0 Å². The average Bonchev–Trinajstić information content (AvgIpc) is 2.73. The van der Waals surface area contributed by atoms with Gasteiger partial charge in [0, 0.05) is 22.6 Å². The van der Waals surface area contributed by atoms with Crippen molar-refractivity contribution in [2.75, 3.05) is 0 Å². The fourth-order valence-corrected chi connectivity index (χ4v) is 3.16. The lowest BCUT2D eigenvalue weighted by Gasteiger charge is -2.20. The maximum atomic E-state index is 2.52. The third-order valence-electron chi connectivity index (χ3n) is 4.28. The minimum absolute atomic E-state index is 0.564. The summed E-state index contributed by atoms with van der Waals surface area (Å²) in [4.78, 5) is 0. The lowest BCUT2D eigenvalue weighted by molar-refractivity contribution is 0.541. The largest absolute Gasteiger partial charge is 0.338 e. The van der Waals surface area contributed by atoms with Gasteiger partial charge in [-0.05, 0) is 43.4 Å². The Kier molecular flexibility index (Phi) is 2.77. The van der Waals surface area contributed by atoms with Crippen molar-refractivity contribution in [3.63, 3.8) is 0 Å². The van der Waals surface area contributed by atoms with E-state index in [1.807, 2.05) is 0 Å². The van der Waals surface area contributed by atoms with Gasteiger partial charge in [-0.1, -0.05) is 38.1 Å². The second kappa shape index (κ2) is 4.31. The Bertz CT molecular complexity index is 603. The average molecular weight is 239 g/mol. The van der Waals surface area contributed by atoms with E-state index in [-0.39, 0.29) is 0 Å². The van der Waals surface area contributed by atoms with Gasteiger partial charge in [0.1, 0.15) is 0 Å². The molecule has 0 bridgehead atoms. The number of fused-ring (bicyclic) bond motifs is 3. The van der Waals surface area contributed by atoms with Gasteiger partial charge in [-0.3, -0.25) is 0 Å². The molecule has 3 rings (SSSR count). The van der Waals surface area contributed by atoms with Crippen molar-refractivity contribution in [1.82, 2.24) is 4.57 Å². The number of benzene rings is 1. The molecule has 1 aromatic carbocycles. The van der Waals surface area contributed by atoms with E-state index in [2.05, 4.69) is 61.8 Å². The van der Waals surface area contributed by atoms with Crippen molar-refractivity contribution in [2.24, 2.45) is 0 Å². The first-order valence-corrected chi connectivity index (χ1v) is 7.03. The molecular formula is C17H21N. The monoisotopic (exact) mass is 239 g/mol. The van der Waals surface area contributed by atoms with E-state index in [1.165, 1.54) is 29.4 Å². The van der Waals surface area contributed by atoms with E-state index in [0.717, 1.165) is 0 Å². The zero-order valence-electron chi connectivity index (χ0n) is 11.5. The van der Waals surface area contributed by atoms with Crippen LogP contribution in [0.5, 0.6) is 0 Å². The zero-order chi connectivity index (χ0) is 12.7. The minimum atomic E-state index is 0.564. The fraction of sp³-hybridized carbons (Fsp3) is 0.412. The molecule has 1 heteroatoms. The van der Waals surface area contributed by atoms with E-state index in [0.29, 0.717) is 12.0 Å². The molecule has 0 saturated carbocycles. The Morgan fingerprint density at radius 2 is 2.11 bits per heavy atom. The van der Waals surface area contributed by atoms with Crippen molar-refractivity contribution in [1.29, 1.82) is 0 Å². The number of hydrogen-bond donors (Lipinski definition) is 0. The second-order valence-electron chi connectivity index (χ2n) is 5.48. The molecule has 0 radical (unpaired) electrons. The van der Waals surface area contributed by atoms with Gasteiger partial charge in [0.2, 0.25) is 0 Å². The predicted molar refractivity (Wildman–Crippen MR) is 79.0 cm³/mol. The Morgan fingerprint density at radius 3 is 2.89 bits per heavy atom. The van der Waals surface area contributed by atoms with Gasteiger partial charge in [0.15, 0.2) is 0 Å². The summed E-state index contributed by atoms with van der Waals surface area (Å²) in [5.41, 5.74) is 4.38. The van der Waals surface area contributed by atoms with Gasteiger partial charge in [-0.25, -0.2) is 0 Å². The summed E-state index contributed by atoms with van der Waals surface area (Å²) in [5, 5.41) is 1.45. The predicted octanol–water partition coefficient (Wildman–Crippen LogP) is 5.13. The van der Waals surface area contributed by atoms with Crippen LogP contribution in [-0.2, 0) is 0 Å². The zero-order valence-corrected chi connectivity index (χ0v) is 11.5. The molecule has 1 aliphatic carbocycles. The molecule has 0 aliphatic heterocycles. The van der Waals surface area contributed by atoms with E-state index in [4.69, 9.17) is 0 Å². The number of aromatic nitrogens is 1. The Balaban J connectivity index is 2.38. The first kappa shape index (κ1) is 11.6. The van der Waals surface area contributed by atoms with Crippen LogP contribution in [0.4, 0.5) is 0 Å². The van der Waals surface area contributed by atoms with Gasteiger partial charge in [0.05, 0.1) is 0 Å². The van der Waals surface area contributed by atoms with Crippen LogP contribution in [0.3, 0.4) is 0 Å². The summed E-state index contributed by atoms with van der Waals surface area (Å²) in [6.45, 7) is 6.93. The van der Waals surface area contributed by atoms with Crippen LogP contribution in [0, 0.1) is 0 Å². The first-order chi connectivity index (χ1) is 8.74. The highest BCUT2D eigenvalue weighted by Gasteiger charge is 2.23. The SMILES string of the molecule is CCC(C)n1c2c(c3ccccc31)C(C)CC=C2. The fourth-order valence-electron chi connectivity index (χ4n) is 3.16. The molecule has 2 unspecified atom stereocenters.